The van der Waals surface area contributed by atoms with Gasteiger partial charge in [0.2, 0.25) is 0 Å². The molecule has 18 heteroatoms. The van der Waals surface area contributed by atoms with Gasteiger partial charge in [0.1, 0.15) is 83.7 Å². The monoisotopic (exact) mass is 894 g/mol. The molecule has 10 aliphatic heterocycles. The summed E-state index contributed by atoms with van der Waals surface area (Å²) >= 11 is 10.9. The van der Waals surface area contributed by atoms with E-state index in [0.717, 1.165) is 134 Å². The van der Waals surface area contributed by atoms with Crippen LogP contribution in [-0.4, -0.2) is 102 Å². The quantitative estimate of drug-likeness (QED) is 0.293. The third kappa shape index (κ3) is 6.95. The number of thiophene rings is 2. The number of ether oxygens (including phenoxy) is 12. The molecule has 4 atom stereocenters. The highest BCUT2D eigenvalue weighted by Gasteiger charge is 2.44. The summed E-state index contributed by atoms with van der Waals surface area (Å²) in [4.78, 5) is 4.66. The molecule has 0 fully saturated rings. The summed E-state index contributed by atoms with van der Waals surface area (Å²) in [6, 6.07) is 0. The molecule has 0 saturated carbocycles. The van der Waals surface area contributed by atoms with E-state index in [1.54, 1.807) is 22.7 Å². The Morgan fingerprint density at radius 2 is 0.526 bits per heavy atom. The lowest BCUT2D eigenvalue weighted by atomic mass is 10.2. The van der Waals surface area contributed by atoms with Crippen LogP contribution in [0.1, 0.15) is 59.8 Å². The average Bonchev–Trinajstić information content (AvgIpc) is 4.08. The van der Waals surface area contributed by atoms with Gasteiger partial charge >= 0.3 is 0 Å². The summed E-state index contributed by atoms with van der Waals surface area (Å²) in [5.74, 6) is 14.6. The Hall–Kier alpha value is -2.64. The van der Waals surface area contributed by atoms with Crippen molar-refractivity contribution in [1.29, 1.82) is 0 Å². The standard InChI is InChI=1S/C21H24O6S3.C18H18O6S3/c1-4-22-12-10-28-18(14(12)24-6-1)20-16-17(27-9-3-8-26-16)21(30-20)19-15-13(11-29-19)23-5-2-7-25-15;1-3-21-11-9(19-1)7-25-15(11)17-13-14(24-6-5-23-13)18(27-17)16-12-10(8-26-16)20-2-4-22-12/h18-19H,1-11H2;15-16H,1-8H2. The van der Waals surface area contributed by atoms with E-state index in [9.17, 15) is 0 Å². The first-order chi connectivity index (χ1) is 28.3. The number of fused-ring (bicyclic) bond motifs is 2. The molecule has 0 saturated heterocycles. The summed E-state index contributed by atoms with van der Waals surface area (Å²) in [7, 11) is 0. The normalized spacial score (nSPS) is 28.5. The molecular weight excluding hydrogens is 853 g/mol. The molecule has 10 aliphatic rings. The molecule has 0 spiro atoms. The van der Waals surface area contributed by atoms with Crippen LogP contribution in [0.2, 0.25) is 0 Å². The van der Waals surface area contributed by atoms with Crippen LogP contribution in [0, 0.1) is 0 Å². The Labute approximate surface area is 355 Å². The molecular formula is C39H42O12S6. The SMILES string of the molecule is C1COC2=C(CSC2c2sc(C3SCC4=C3OCCO4)c3c2OCCO3)O1.C1COC2=C(OC1)C(c1sc(C3SCC4=C3OCCCO4)c3c1OCCCO3)SC2. The molecule has 2 aromatic heterocycles. The highest BCUT2D eigenvalue weighted by molar-refractivity contribution is 8.01. The van der Waals surface area contributed by atoms with E-state index in [4.69, 9.17) is 56.8 Å². The van der Waals surface area contributed by atoms with E-state index in [1.165, 1.54) is 9.75 Å². The predicted molar refractivity (Wildman–Crippen MR) is 221 cm³/mol. The lowest BCUT2D eigenvalue weighted by Crippen LogP contribution is -2.17. The first-order valence-corrected chi connectivity index (χ1v) is 25.4. The lowest BCUT2D eigenvalue weighted by molar-refractivity contribution is 0.0638. The topological polar surface area (TPSA) is 111 Å². The van der Waals surface area contributed by atoms with Crippen molar-refractivity contribution in [3.63, 3.8) is 0 Å². The molecule has 4 unspecified atom stereocenters. The maximum Gasteiger partial charge on any atom is 0.177 e. The van der Waals surface area contributed by atoms with Crippen LogP contribution in [0.25, 0.3) is 0 Å². The van der Waals surface area contributed by atoms with E-state index in [2.05, 4.69) is 0 Å². The summed E-state index contributed by atoms with van der Waals surface area (Å²) in [6.45, 7) is 7.81. The Bertz CT molecular complexity index is 1880. The Kier molecular flexibility index (Phi) is 10.8. The lowest BCUT2D eigenvalue weighted by Gasteiger charge is -2.22. The number of hydrogen-bond donors (Lipinski definition) is 0. The zero-order chi connectivity index (χ0) is 37.7. The molecule has 0 N–H and O–H groups in total. The van der Waals surface area contributed by atoms with Crippen LogP contribution < -0.4 is 18.9 Å². The van der Waals surface area contributed by atoms with Gasteiger partial charge in [-0.2, -0.15) is 0 Å². The zero-order valence-corrected chi connectivity index (χ0v) is 36.0. The van der Waals surface area contributed by atoms with E-state index >= 15 is 0 Å². The van der Waals surface area contributed by atoms with Crippen LogP contribution >= 0.6 is 69.7 Å². The predicted octanol–water partition coefficient (Wildman–Crippen LogP) is 8.39. The summed E-state index contributed by atoms with van der Waals surface area (Å²) in [5, 5.41) is 0.410. The molecule has 12 nitrogen and oxygen atoms in total. The highest BCUT2D eigenvalue weighted by Crippen LogP contribution is 2.62. The van der Waals surface area contributed by atoms with Crippen molar-refractivity contribution < 1.29 is 56.8 Å². The molecule has 306 valence electrons. The number of thioether (sulfide) groups is 4. The van der Waals surface area contributed by atoms with Gasteiger partial charge in [-0.1, -0.05) is 0 Å². The molecule has 0 aromatic carbocycles. The van der Waals surface area contributed by atoms with Crippen LogP contribution in [0.3, 0.4) is 0 Å². The fourth-order valence-corrected chi connectivity index (χ4v) is 16.3. The highest BCUT2D eigenvalue weighted by atomic mass is 32.2. The van der Waals surface area contributed by atoms with E-state index < -0.39 is 0 Å². The second-order valence-electron chi connectivity index (χ2n) is 14.1. The largest absolute Gasteiger partial charge is 0.493 e. The molecule has 2 aromatic rings. The molecule has 0 amide bonds. The summed E-state index contributed by atoms with van der Waals surface area (Å²) in [6.07, 6.45) is 2.73. The fourth-order valence-electron chi connectivity index (χ4n) is 7.97. The number of hydrogen-bond acceptors (Lipinski definition) is 18. The third-order valence-electron chi connectivity index (χ3n) is 10.5. The van der Waals surface area contributed by atoms with Gasteiger partial charge in [-0.15, -0.1) is 69.7 Å². The van der Waals surface area contributed by atoms with Crippen molar-refractivity contribution in [2.75, 3.05) is 102 Å². The molecule has 0 bridgehead atoms. The van der Waals surface area contributed by atoms with Crippen molar-refractivity contribution in [2.45, 2.75) is 40.3 Å². The first kappa shape index (κ1) is 37.4. The van der Waals surface area contributed by atoms with Crippen LogP contribution in [0.5, 0.6) is 23.0 Å². The van der Waals surface area contributed by atoms with E-state index in [0.29, 0.717) is 66.1 Å². The Balaban J connectivity index is 0.000000132. The average molecular weight is 895 g/mol. The van der Waals surface area contributed by atoms with Gasteiger partial charge in [0.05, 0.1) is 82.2 Å². The Morgan fingerprint density at radius 1 is 0.281 bits per heavy atom. The molecule has 57 heavy (non-hydrogen) atoms. The Morgan fingerprint density at radius 3 is 0.895 bits per heavy atom. The maximum absolute atomic E-state index is 6.26. The zero-order valence-electron chi connectivity index (χ0n) is 31.1. The molecule has 0 aliphatic carbocycles. The fraction of sp³-hybridized carbons (Fsp3) is 0.590. The van der Waals surface area contributed by atoms with E-state index in [-0.39, 0.29) is 21.0 Å². The van der Waals surface area contributed by atoms with Gasteiger partial charge in [0, 0.05) is 19.3 Å². The van der Waals surface area contributed by atoms with Crippen LogP contribution in [0.4, 0.5) is 0 Å². The summed E-state index contributed by atoms with van der Waals surface area (Å²) in [5.41, 5.74) is 0. The molecule has 12 heterocycles. The van der Waals surface area contributed by atoms with Crippen molar-refractivity contribution in [2.24, 2.45) is 0 Å². The van der Waals surface area contributed by atoms with Crippen LogP contribution in [0.15, 0.2) is 46.1 Å². The maximum atomic E-state index is 6.26. The van der Waals surface area contributed by atoms with Crippen molar-refractivity contribution in [3.8, 4) is 23.0 Å². The van der Waals surface area contributed by atoms with Crippen LogP contribution in [-0.2, 0) is 37.9 Å². The van der Waals surface area contributed by atoms with Gasteiger partial charge in [-0.25, -0.2) is 0 Å². The van der Waals surface area contributed by atoms with E-state index in [1.807, 2.05) is 47.0 Å². The first-order valence-electron chi connectivity index (χ1n) is 19.6. The smallest absolute Gasteiger partial charge is 0.177 e. The second-order valence-corrected chi connectivity index (χ2v) is 20.7. The second kappa shape index (κ2) is 16.4. The summed E-state index contributed by atoms with van der Waals surface area (Å²) < 4.78 is 72.4. The minimum Gasteiger partial charge on any atom is -0.493 e. The van der Waals surface area contributed by atoms with Gasteiger partial charge in [-0.05, 0) is 0 Å². The van der Waals surface area contributed by atoms with Gasteiger partial charge in [0.15, 0.2) is 46.0 Å². The van der Waals surface area contributed by atoms with Crippen molar-refractivity contribution in [3.05, 3.63) is 65.6 Å². The molecule has 0 radical (unpaired) electrons. The van der Waals surface area contributed by atoms with Gasteiger partial charge < -0.3 is 56.8 Å². The van der Waals surface area contributed by atoms with Crippen molar-refractivity contribution >= 4 is 69.7 Å². The van der Waals surface area contributed by atoms with Gasteiger partial charge in [-0.3, -0.25) is 0 Å². The number of rotatable bonds is 4. The third-order valence-corrected chi connectivity index (χ3v) is 18.5. The minimum absolute atomic E-state index is 0.0958. The minimum atomic E-state index is 0.0958. The van der Waals surface area contributed by atoms with Crippen molar-refractivity contribution in [1.82, 2.24) is 0 Å². The molecule has 12 rings (SSSR count). The van der Waals surface area contributed by atoms with Gasteiger partial charge in [0.25, 0.3) is 0 Å².